The first-order valence-corrected chi connectivity index (χ1v) is 10.7. The van der Waals surface area contributed by atoms with Crippen LogP contribution in [0.25, 0.3) is 0 Å². The SMILES string of the molecule is COc1ccc(N(Cc2ccccc2C)S(=O)(=O)c2ccc(C)cc2)cc1OC. The maximum absolute atomic E-state index is 13.6. The Morgan fingerprint density at radius 3 is 2.10 bits per heavy atom. The van der Waals surface area contributed by atoms with Gasteiger partial charge in [0.05, 0.1) is 31.3 Å². The number of sulfonamides is 1. The largest absolute Gasteiger partial charge is 0.493 e. The third kappa shape index (κ3) is 4.38. The topological polar surface area (TPSA) is 55.8 Å². The Bertz CT molecular complexity index is 1090. The average Bonchev–Trinajstić information content (AvgIpc) is 2.72. The van der Waals surface area contributed by atoms with Crippen molar-refractivity contribution in [2.75, 3.05) is 18.5 Å². The van der Waals surface area contributed by atoms with Crippen molar-refractivity contribution in [3.63, 3.8) is 0 Å². The summed E-state index contributed by atoms with van der Waals surface area (Å²) >= 11 is 0. The van der Waals surface area contributed by atoms with E-state index < -0.39 is 10.0 Å². The van der Waals surface area contributed by atoms with Crippen LogP contribution in [0.15, 0.2) is 71.6 Å². The normalized spacial score (nSPS) is 11.2. The molecule has 0 N–H and O–H groups in total. The molecule has 0 aromatic heterocycles. The summed E-state index contributed by atoms with van der Waals surface area (Å²) in [6.45, 7) is 4.11. The number of hydrogen-bond acceptors (Lipinski definition) is 4. The molecular weight excluding hydrogens is 386 g/mol. The van der Waals surface area contributed by atoms with Crippen LogP contribution in [0.5, 0.6) is 11.5 Å². The van der Waals surface area contributed by atoms with Gasteiger partial charge in [-0.1, -0.05) is 42.0 Å². The fourth-order valence-electron chi connectivity index (χ4n) is 3.07. The molecule has 0 aliphatic heterocycles. The molecule has 0 unspecified atom stereocenters. The van der Waals surface area contributed by atoms with Crippen LogP contribution in [0.4, 0.5) is 5.69 Å². The molecule has 0 saturated heterocycles. The van der Waals surface area contributed by atoms with Crippen LogP contribution < -0.4 is 13.8 Å². The Labute approximate surface area is 172 Å². The van der Waals surface area contributed by atoms with E-state index >= 15 is 0 Å². The van der Waals surface area contributed by atoms with E-state index in [9.17, 15) is 8.42 Å². The quantitative estimate of drug-likeness (QED) is 0.565. The van der Waals surface area contributed by atoms with Crippen LogP contribution in [0, 0.1) is 13.8 Å². The smallest absolute Gasteiger partial charge is 0.264 e. The molecular formula is C23H25NO4S. The number of methoxy groups -OCH3 is 2. The minimum atomic E-state index is -3.79. The number of rotatable bonds is 7. The summed E-state index contributed by atoms with van der Waals surface area (Å²) in [7, 11) is -0.717. The molecule has 6 heteroatoms. The summed E-state index contributed by atoms with van der Waals surface area (Å²) in [5.41, 5.74) is 3.46. The zero-order valence-corrected chi connectivity index (χ0v) is 17.9. The Balaban J connectivity index is 2.14. The molecule has 0 heterocycles. The predicted octanol–water partition coefficient (Wildman–Crippen LogP) is 4.72. The van der Waals surface area contributed by atoms with E-state index in [-0.39, 0.29) is 11.4 Å². The molecule has 3 rings (SSSR count). The molecule has 3 aromatic rings. The summed E-state index contributed by atoms with van der Waals surface area (Å²) in [5, 5.41) is 0. The van der Waals surface area contributed by atoms with Crippen LogP contribution in [-0.4, -0.2) is 22.6 Å². The maximum atomic E-state index is 13.6. The van der Waals surface area contributed by atoms with Crippen molar-refractivity contribution in [3.8, 4) is 11.5 Å². The van der Waals surface area contributed by atoms with E-state index in [1.807, 2.05) is 38.1 Å². The molecule has 0 bridgehead atoms. The molecule has 5 nitrogen and oxygen atoms in total. The van der Waals surface area contributed by atoms with Gasteiger partial charge in [0, 0.05) is 6.07 Å². The van der Waals surface area contributed by atoms with E-state index in [0.717, 1.165) is 16.7 Å². The second-order valence-electron chi connectivity index (χ2n) is 6.79. The van der Waals surface area contributed by atoms with E-state index in [2.05, 4.69) is 0 Å². The first-order chi connectivity index (χ1) is 13.9. The summed E-state index contributed by atoms with van der Waals surface area (Å²) in [4.78, 5) is 0.242. The number of anilines is 1. The molecule has 0 fully saturated rings. The lowest BCUT2D eigenvalue weighted by atomic mass is 10.1. The van der Waals surface area contributed by atoms with Gasteiger partial charge in [-0.05, 0) is 49.2 Å². The van der Waals surface area contributed by atoms with Crippen molar-refractivity contribution < 1.29 is 17.9 Å². The van der Waals surface area contributed by atoms with Crippen LogP contribution in [-0.2, 0) is 16.6 Å². The Kier molecular flexibility index (Phi) is 6.13. The maximum Gasteiger partial charge on any atom is 0.264 e. The van der Waals surface area contributed by atoms with Crippen LogP contribution in [0.1, 0.15) is 16.7 Å². The third-order valence-corrected chi connectivity index (χ3v) is 6.63. The van der Waals surface area contributed by atoms with Gasteiger partial charge in [-0.3, -0.25) is 4.31 Å². The van der Waals surface area contributed by atoms with Gasteiger partial charge in [0.25, 0.3) is 10.0 Å². The number of nitrogens with zero attached hydrogens (tertiary/aromatic N) is 1. The summed E-state index contributed by atoms with van der Waals surface area (Å²) in [6, 6.07) is 19.8. The molecule has 152 valence electrons. The van der Waals surface area contributed by atoms with Gasteiger partial charge in [0.15, 0.2) is 11.5 Å². The second kappa shape index (κ2) is 8.57. The monoisotopic (exact) mass is 411 g/mol. The van der Waals surface area contributed by atoms with Crippen LogP contribution in [0.2, 0.25) is 0 Å². The highest BCUT2D eigenvalue weighted by atomic mass is 32.2. The Morgan fingerprint density at radius 2 is 1.48 bits per heavy atom. The van der Waals surface area contributed by atoms with Crippen LogP contribution in [0.3, 0.4) is 0 Å². The van der Waals surface area contributed by atoms with Gasteiger partial charge in [-0.2, -0.15) is 0 Å². The molecule has 0 aliphatic carbocycles. The van der Waals surface area contributed by atoms with E-state index in [1.54, 1.807) is 49.6 Å². The molecule has 0 aliphatic rings. The van der Waals surface area contributed by atoms with Crippen molar-refractivity contribution in [1.29, 1.82) is 0 Å². The average molecular weight is 412 g/mol. The highest BCUT2D eigenvalue weighted by molar-refractivity contribution is 7.92. The van der Waals surface area contributed by atoms with Gasteiger partial charge in [0.1, 0.15) is 0 Å². The number of hydrogen-bond donors (Lipinski definition) is 0. The number of aryl methyl sites for hydroxylation is 2. The number of benzene rings is 3. The van der Waals surface area contributed by atoms with Crippen molar-refractivity contribution in [1.82, 2.24) is 0 Å². The summed E-state index contributed by atoms with van der Waals surface area (Å²) in [5.74, 6) is 1.01. The molecule has 0 radical (unpaired) electrons. The fourth-order valence-corrected chi connectivity index (χ4v) is 4.51. The zero-order chi connectivity index (χ0) is 21.0. The first-order valence-electron chi connectivity index (χ1n) is 9.22. The van der Waals surface area contributed by atoms with Gasteiger partial charge in [-0.25, -0.2) is 8.42 Å². The standard InChI is InChI=1S/C23H25NO4S/c1-17-9-12-21(13-10-17)29(25,26)24(16-19-8-6-5-7-18(19)2)20-11-14-22(27-3)23(15-20)28-4/h5-15H,16H2,1-4H3. The highest BCUT2D eigenvalue weighted by Gasteiger charge is 2.26. The predicted molar refractivity (Wildman–Crippen MR) is 115 cm³/mol. The summed E-state index contributed by atoms with van der Waals surface area (Å²) in [6.07, 6.45) is 0. The molecule has 0 spiro atoms. The Hall–Kier alpha value is -2.99. The Morgan fingerprint density at radius 1 is 0.828 bits per heavy atom. The lowest BCUT2D eigenvalue weighted by Gasteiger charge is -2.26. The molecule has 3 aromatic carbocycles. The minimum absolute atomic E-state index is 0.207. The van der Waals surface area contributed by atoms with Crippen LogP contribution >= 0.6 is 0 Å². The van der Waals surface area contributed by atoms with Gasteiger partial charge >= 0.3 is 0 Å². The second-order valence-corrected chi connectivity index (χ2v) is 8.65. The lowest BCUT2D eigenvalue weighted by Crippen LogP contribution is -2.31. The third-order valence-electron chi connectivity index (χ3n) is 4.84. The molecule has 0 saturated carbocycles. The zero-order valence-electron chi connectivity index (χ0n) is 17.0. The first kappa shape index (κ1) is 20.7. The van der Waals surface area contributed by atoms with Gasteiger partial charge < -0.3 is 9.47 Å². The summed E-state index contributed by atoms with van der Waals surface area (Å²) < 4.78 is 39.2. The van der Waals surface area contributed by atoms with E-state index in [1.165, 1.54) is 11.4 Å². The van der Waals surface area contributed by atoms with Crippen molar-refractivity contribution in [3.05, 3.63) is 83.4 Å². The molecule has 29 heavy (non-hydrogen) atoms. The lowest BCUT2D eigenvalue weighted by molar-refractivity contribution is 0.355. The van der Waals surface area contributed by atoms with Crippen molar-refractivity contribution in [2.45, 2.75) is 25.3 Å². The number of ether oxygens (including phenoxy) is 2. The highest BCUT2D eigenvalue weighted by Crippen LogP contribution is 2.35. The van der Waals surface area contributed by atoms with Crippen molar-refractivity contribution >= 4 is 15.7 Å². The van der Waals surface area contributed by atoms with Gasteiger partial charge in [0.2, 0.25) is 0 Å². The minimum Gasteiger partial charge on any atom is -0.493 e. The van der Waals surface area contributed by atoms with Gasteiger partial charge in [-0.15, -0.1) is 0 Å². The van der Waals surface area contributed by atoms with E-state index in [0.29, 0.717) is 17.2 Å². The van der Waals surface area contributed by atoms with Crippen molar-refractivity contribution in [2.24, 2.45) is 0 Å². The fraction of sp³-hybridized carbons (Fsp3) is 0.217. The molecule has 0 atom stereocenters. The molecule has 0 amide bonds. The van der Waals surface area contributed by atoms with E-state index in [4.69, 9.17) is 9.47 Å².